The van der Waals surface area contributed by atoms with E-state index in [4.69, 9.17) is 0 Å². The van der Waals surface area contributed by atoms with Crippen molar-refractivity contribution < 1.29 is 14.7 Å². The number of fused-ring (bicyclic) bond motifs is 1. The van der Waals surface area contributed by atoms with E-state index in [1.54, 1.807) is 24.3 Å². The molecule has 22 heavy (non-hydrogen) atoms. The SMILES string of the molecule is CCCC[C@H](NC(=O)c1cc(=O)[nH]c2ccccc12)C(=O)O. The summed E-state index contributed by atoms with van der Waals surface area (Å²) in [5.41, 5.74) is 0.326. The lowest BCUT2D eigenvalue weighted by Gasteiger charge is -2.14. The van der Waals surface area contributed by atoms with Gasteiger partial charge in [-0.05, 0) is 12.5 Å². The molecule has 6 heteroatoms. The summed E-state index contributed by atoms with van der Waals surface area (Å²) in [6, 6.07) is 7.15. The summed E-state index contributed by atoms with van der Waals surface area (Å²) in [5, 5.41) is 12.3. The molecule has 0 aliphatic carbocycles. The lowest BCUT2D eigenvalue weighted by atomic mass is 10.1. The number of nitrogens with one attached hydrogen (secondary N) is 2. The van der Waals surface area contributed by atoms with Gasteiger partial charge in [0, 0.05) is 17.0 Å². The van der Waals surface area contributed by atoms with Crippen LogP contribution in [0.3, 0.4) is 0 Å². The highest BCUT2D eigenvalue weighted by Gasteiger charge is 2.21. The van der Waals surface area contributed by atoms with Gasteiger partial charge in [0.15, 0.2) is 0 Å². The summed E-state index contributed by atoms with van der Waals surface area (Å²) in [7, 11) is 0. The third-order valence-electron chi connectivity index (χ3n) is 3.44. The molecule has 1 amide bonds. The summed E-state index contributed by atoms with van der Waals surface area (Å²) in [4.78, 5) is 37.9. The fourth-order valence-electron chi connectivity index (χ4n) is 2.29. The van der Waals surface area contributed by atoms with Crippen LogP contribution in [0.25, 0.3) is 10.9 Å². The second-order valence-electron chi connectivity index (χ2n) is 5.10. The number of H-pyrrole nitrogens is 1. The zero-order valence-corrected chi connectivity index (χ0v) is 12.3. The number of para-hydroxylation sites is 1. The van der Waals surface area contributed by atoms with E-state index in [0.29, 0.717) is 23.7 Å². The van der Waals surface area contributed by atoms with Gasteiger partial charge in [0.2, 0.25) is 5.56 Å². The zero-order chi connectivity index (χ0) is 16.1. The highest BCUT2D eigenvalue weighted by atomic mass is 16.4. The van der Waals surface area contributed by atoms with Gasteiger partial charge in [-0.1, -0.05) is 38.0 Å². The quantitative estimate of drug-likeness (QED) is 0.759. The minimum Gasteiger partial charge on any atom is -0.480 e. The molecule has 2 rings (SSSR count). The molecule has 0 bridgehead atoms. The number of carboxylic acid groups (broad SMARTS) is 1. The first-order valence-corrected chi connectivity index (χ1v) is 7.18. The summed E-state index contributed by atoms with van der Waals surface area (Å²) < 4.78 is 0. The van der Waals surface area contributed by atoms with Gasteiger partial charge in [-0.25, -0.2) is 4.79 Å². The smallest absolute Gasteiger partial charge is 0.326 e. The molecule has 1 aromatic heterocycles. The van der Waals surface area contributed by atoms with Crippen molar-refractivity contribution in [2.75, 3.05) is 0 Å². The molecule has 0 fully saturated rings. The van der Waals surface area contributed by atoms with Crippen molar-refractivity contribution in [3.05, 3.63) is 46.2 Å². The number of carbonyl (C=O) groups excluding carboxylic acids is 1. The Morgan fingerprint density at radius 3 is 2.73 bits per heavy atom. The molecular weight excluding hydrogens is 284 g/mol. The van der Waals surface area contributed by atoms with E-state index in [9.17, 15) is 19.5 Å². The van der Waals surface area contributed by atoms with Crippen LogP contribution >= 0.6 is 0 Å². The fraction of sp³-hybridized carbons (Fsp3) is 0.312. The number of carbonyl (C=O) groups is 2. The van der Waals surface area contributed by atoms with Crippen LogP contribution in [0.2, 0.25) is 0 Å². The Balaban J connectivity index is 2.32. The molecule has 0 radical (unpaired) electrons. The van der Waals surface area contributed by atoms with Crippen LogP contribution in [0.5, 0.6) is 0 Å². The molecule has 0 aliphatic heterocycles. The maximum Gasteiger partial charge on any atom is 0.326 e. The monoisotopic (exact) mass is 302 g/mol. The second-order valence-corrected chi connectivity index (χ2v) is 5.10. The minimum absolute atomic E-state index is 0.182. The maximum atomic E-state index is 12.4. The van der Waals surface area contributed by atoms with Crippen LogP contribution in [0.4, 0.5) is 0 Å². The number of aromatic amines is 1. The average Bonchev–Trinajstić information content (AvgIpc) is 2.49. The number of pyridine rings is 1. The van der Waals surface area contributed by atoms with E-state index in [2.05, 4.69) is 10.3 Å². The molecule has 1 atom stereocenters. The molecule has 116 valence electrons. The molecular formula is C16H18N2O4. The van der Waals surface area contributed by atoms with Crippen molar-refractivity contribution in [2.45, 2.75) is 32.2 Å². The molecule has 0 unspecified atom stereocenters. The second kappa shape index (κ2) is 6.89. The van der Waals surface area contributed by atoms with E-state index >= 15 is 0 Å². The van der Waals surface area contributed by atoms with Gasteiger partial charge in [0.1, 0.15) is 6.04 Å². The largest absolute Gasteiger partial charge is 0.480 e. The van der Waals surface area contributed by atoms with Crippen molar-refractivity contribution in [1.29, 1.82) is 0 Å². The van der Waals surface area contributed by atoms with Gasteiger partial charge in [0.05, 0.1) is 5.56 Å². The molecule has 6 nitrogen and oxygen atoms in total. The van der Waals surface area contributed by atoms with E-state index in [0.717, 1.165) is 6.42 Å². The summed E-state index contributed by atoms with van der Waals surface area (Å²) in [6.07, 6.45) is 1.90. The minimum atomic E-state index is -1.07. The lowest BCUT2D eigenvalue weighted by molar-refractivity contribution is -0.139. The Kier molecular flexibility index (Phi) is 4.93. The molecule has 3 N–H and O–H groups in total. The Hall–Kier alpha value is -2.63. The lowest BCUT2D eigenvalue weighted by Crippen LogP contribution is -2.41. The fourth-order valence-corrected chi connectivity index (χ4v) is 2.29. The Bertz CT molecular complexity index is 751. The van der Waals surface area contributed by atoms with Crippen molar-refractivity contribution in [3.8, 4) is 0 Å². The number of unbranched alkanes of at least 4 members (excludes halogenated alkanes) is 1. The van der Waals surface area contributed by atoms with E-state index < -0.39 is 23.5 Å². The first-order chi connectivity index (χ1) is 10.5. The van der Waals surface area contributed by atoms with E-state index in [1.807, 2.05) is 6.92 Å². The van der Waals surface area contributed by atoms with Gasteiger partial charge in [-0.2, -0.15) is 0 Å². The van der Waals surface area contributed by atoms with E-state index in [1.165, 1.54) is 6.07 Å². The first kappa shape index (κ1) is 15.8. The van der Waals surface area contributed by atoms with Gasteiger partial charge in [0.25, 0.3) is 5.91 Å². The summed E-state index contributed by atoms with van der Waals surface area (Å²) in [5.74, 6) is -1.62. The van der Waals surface area contributed by atoms with Gasteiger partial charge in [-0.15, -0.1) is 0 Å². The highest BCUT2D eigenvalue weighted by Crippen LogP contribution is 2.15. The molecule has 0 saturated carbocycles. The van der Waals surface area contributed by atoms with E-state index in [-0.39, 0.29) is 5.56 Å². The molecule has 1 aromatic carbocycles. The van der Waals surface area contributed by atoms with Crippen LogP contribution in [0.1, 0.15) is 36.5 Å². The number of benzene rings is 1. The standard InChI is InChI=1S/C16H18N2O4/c1-2-3-7-13(16(21)22)18-15(20)11-9-14(19)17-12-8-5-4-6-10(11)12/h4-6,8-9,13H,2-3,7H2,1H3,(H,17,19)(H,18,20)(H,21,22)/t13-/m0/s1. The van der Waals surface area contributed by atoms with Crippen molar-refractivity contribution in [3.63, 3.8) is 0 Å². The van der Waals surface area contributed by atoms with Crippen molar-refractivity contribution >= 4 is 22.8 Å². The molecule has 0 saturated heterocycles. The third kappa shape index (κ3) is 3.52. The van der Waals surface area contributed by atoms with Crippen molar-refractivity contribution in [2.24, 2.45) is 0 Å². The number of hydrogen-bond acceptors (Lipinski definition) is 3. The summed E-state index contributed by atoms with van der Waals surface area (Å²) >= 11 is 0. The zero-order valence-electron chi connectivity index (χ0n) is 12.3. The normalized spacial score (nSPS) is 12.0. The third-order valence-corrected chi connectivity index (χ3v) is 3.44. The van der Waals surface area contributed by atoms with Gasteiger partial charge >= 0.3 is 5.97 Å². The number of aliphatic carboxylic acids is 1. The van der Waals surface area contributed by atoms with Crippen LogP contribution in [0, 0.1) is 0 Å². The topological polar surface area (TPSA) is 99.3 Å². The average molecular weight is 302 g/mol. The summed E-state index contributed by atoms with van der Waals surface area (Å²) in [6.45, 7) is 1.95. The molecule has 0 spiro atoms. The van der Waals surface area contributed by atoms with Gasteiger partial charge < -0.3 is 15.4 Å². The van der Waals surface area contributed by atoms with Crippen LogP contribution in [-0.2, 0) is 4.79 Å². The predicted octanol–water partition coefficient (Wildman–Crippen LogP) is 1.90. The molecule has 2 aromatic rings. The molecule has 0 aliphatic rings. The van der Waals surface area contributed by atoms with Gasteiger partial charge in [-0.3, -0.25) is 9.59 Å². The molecule has 1 heterocycles. The Morgan fingerprint density at radius 2 is 2.05 bits per heavy atom. The first-order valence-electron chi connectivity index (χ1n) is 7.18. The Labute approximate surface area is 127 Å². The van der Waals surface area contributed by atoms with Crippen LogP contribution < -0.4 is 10.9 Å². The predicted molar refractivity (Wildman–Crippen MR) is 83.0 cm³/mol. The Morgan fingerprint density at radius 1 is 1.32 bits per heavy atom. The van der Waals surface area contributed by atoms with Crippen LogP contribution in [0.15, 0.2) is 35.1 Å². The van der Waals surface area contributed by atoms with Crippen LogP contribution in [-0.4, -0.2) is 28.0 Å². The number of hydrogen-bond donors (Lipinski definition) is 3. The highest BCUT2D eigenvalue weighted by molar-refractivity contribution is 6.06. The number of carboxylic acids is 1. The van der Waals surface area contributed by atoms with Crippen molar-refractivity contribution in [1.82, 2.24) is 10.3 Å². The number of aromatic nitrogens is 1. The maximum absolute atomic E-state index is 12.4. The number of rotatable bonds is 6. The number of amides is 1.